The van der Waals surface area contributed by atoms with Crippen molar-refractivity contribution in [2.45, 2.75) is 13.8 Å². The number of hydrogen-bond donors (Lipinski definition) is 1. The lowest BCUT2D eigenvalue weighted by Crippen LogP contribution is -2.23. The van der Waals surface area contributed by atoms with E-state index in [4.69, 9.17) is 11.6 Å². The number of rotatable bonds is 1. The Morgan fingerprint density at radius 3 is 2.74 bits per heavy atom. The molecular weight excluding hydrogens is 338 g/mol. The van der Waals surface area contributed by atoms with Crippen LogP contribution in [0, 0.1) is 19.7 Å². The van der Waals surface area contributed by atoms with E-state index in [0.29, 0.717) is 11.3 Å². The molecule has 0 aliphatic rings. The van der Waals surface area contributed by atoms with E-state index in [0.717, 1.165) is 4.57 Å². The molecule has 0 atom stereocenters. The zero-order chi connectivity index (χ0) is 14.3. The molecule has 2 aromatic rings. The second-order valence-electron chi connectivity index (χ2n) is 4.02. The van der Waals surface area contributed by atoms with Gasteiger partial charge in [-0.3, -0.25) is 9.36 Å². The second kappa shape index (κ2) is 4.94. The number of aromatic nitrogens is 2. The van der Waals surface area contributed by atoms with Crippen LogP contribution >= 0.6 is 27.5 Å². The number of nitrogens with zero attached hydrogens (tertiary/aromatic N) is 2. The van der Waals surface area contributed by atoms with Crippen molar-refractivity contribution >= 4 is 27.5 Å². The Morgan fingerprint density at radius 2 is 2.11 bits per heavy atom. The highest BCUT2D eigenvalue weighted by Gasteiger charge is 2.18. The first-order chi connectivity index (χ1) is 8.84. The lowest BCUT2D eigenvalue weighted by Gasteiger charge is -2.14. The van der Waals surface area contributed by atoms with Crippen molar-refractivity contribution in [3.8, 4) is 11.4 Å². The highest BCUT2D eigenvalue weighted by Crippen LogP contribution is 2.26. The predicted octanol–water partition coefficient (Wildman–Crippen LogP) is 3.11. The summed E-state index contributed by atoms with van der Waals surface area (Å²) in [6, 6.07) is 1.30. The zero-order valence-electron chi connectivity index (χ0n) is 10.0. The Kier molecular flexibility index (Phi) is 3.64. The molecule has 0 aliphatic carbocycles. The fourth-order valence-electron chi connectivity index (χ4n) is 1.79. The van der Waals surface area contributed by atoms with Crippen molar-refractivity contribution in [2.24, 2.45) is 0 Å². The summed E-state index contributed by atoms with van der Waals surface area (Å²) in [5.74, 6) is -0.987. The molecule has 0 bridgehead atoms. The molecule has 2 aromatic heterocycles. The van der Waals surface area contributed by atoms with Crippen LogP contribution in [0.4, 0.5) is 4.39 Å². The van der Waals surface area contributed by atoms with E-state index in [2.05, 4.69) is 20.9 Å². The van der Waals surface area contributed by atoms with E-state index < -0.39 is 11.4 Å². The van der Waals surface area contributed by atoms with Crippen LogP contribution in [0.25, 0.3) is 5.69 Å². The molecule has 4 nitrogen and oxygen atoms in total. The van der Waals surface area contributed by atoms with E-state index in [9.17, 15) is 14.3 Å². The molecule has 19 heavy (non-hydrogen) atoms. The average Bonchev–Trinajstić information content (AvgIpc) is 2.35. The van der Waals surface area contributed by atoms with Crippen molar-refractivity contribution in [2.75, 3.05) is 0 Å². The van der Waals surface area contributed by atoms with E-state index in [1.54, 1.807) is 13.8 Å². The number of pyridine rings is 2. The average molecular weight is 348 g/mol. The molecule has 100 valence electrons. The van der Waals surface area contributed by atoms with Gasteiger partial charge in [-0.05, 0) is 35.3 Å². The number of aryl methyl sites for hydroxylation is 2. The first-order valence-corrected chi connectivity index (χ1v) is 6.43. The van der Waals surface area contributed by atoms with Gasteiger partial charge in [0.25, 0.3) is 5.56 Å². The highest BCUT2D eigenvalue weighted by molar-refractivity contribution is 9.10. The van der Waals surface area contributed by atoms with Gasteiger partial charge in [0.2, 0.25) is 0 Å². The first kappa shape index (κ1) is 14.0. The summed E-state index contributed by atoms with van der Waals surface area (Å²) in [4.78, 5) is 15.9. The normalized spacial score (nSPS) is 10.8. The van der Waals surface area contributed by atoms with Crippen LogP contribution in [0.3, 0.4) is 0 Å². The molecule has 0 saturated carbocycles. The molecule has 2 heterocycles. The summed E-state index contributed by atoms with van der Waals surface area (Å²) < 4.78 is 15.3. The van der Waals surface area contributed by atoms with E-state index in [1.807, 2.05) is 0 Å². The molecule has 0 fully saturated rings. The molecular formula is C12H9BrClFN2O2. The van der Waals surface area contributed by atoms with Gasteiger partial charge in [0.15, 0.2) is 5.82 Å². The van der Waals surface area contributed by atoms with Crippen LogP contribution in [0.1, 0.15) is 11.3 Å². The molecule has 0 aromatic carbocycles. The van der Waals surface area contributed by atoms with Crippen LogP contribution in [0.2, 0.25) is 5.02 Å². The van der Waals surface area contributed by atoms with Gasteiger partial charge in [0.1, 0.15) is 15.4 Å². The minimum atomic E-state index is -0.681. The fourth-order valence-corrected chi connectivity index (χ4v) is 2.22. The van der Waals surface area contributed by atoms with Crippen molar-refractivity contribution in [1.82, 2.24) is 9.55 Å². The van der Waals surface area contributed by atoms with E-state index >= 15 is 0 Å². The van der Waals surface area contributed by atoms with Gasteiger partial charge in [-0.15, -0.1) is 0 Å². The summed E-state index contributed by atoms with van der Waals surface area (Å²) in [6.07, 6.45) is 1.44. The van der Waals surface area contributed by atoms with Gasteiger partial charge in [-0.2, -0.15) is 0 Å². The third-order valence-corrected chi connectivity index (χ3v) is 3.58. The predicted molar refractivity (Wildman–Crippen MR) is 73.6 cm³/mol. The molecule has 0 radical (unpaired) electrons. The van der Waals surface area contributed by atoms with Crippen molar-refractivity contribution in [3.05, 3.63) is 49.3 Å². The van der Waals surface area contributed by atoms with Crippen LogP contribution in [-0.4, -0.2) is 14.7 Å². The summed E-state index contributed by atoms with van der Waals surface area (Å²) >= 11 is 8.69. The van der Waals surface area contributed by atoms with Gasteiger partial charge < -0.3 is 5.11 Å². The molecule has 7 heteroatoms. The summed E-state index contributed by atoms with van der Waals surface area (Å²) in [5.41, 5.74) is 0.227. The molecule has 1 N–H and O–H groups in total. The van der Waals surface area contributed by atoms with Crippen LogP contribution < -0.4 is 5.56 Å². The van der Waals surface area contributed by atoms with E-state index in [-0.39, 0.29) is 21.1 Å². The van der Waals surface area contributed by atoms with Crippen molar-refractivity contribution < 1.29 is 9.50 Å². The maximum Gasteiger partial charge on any atom is 0.277 e. The first-order valence-electron chi connectivity index (χ1n) is 5.26. The van der Waals surface area contributed by atoms with Gasteiger partial charge in [0, 0.05) is 18.0 Å². The third-order valence-electron chi connectivity index (χ3n) is 2.67. The Balaban J connectivity index is 2.92. The third kappa shape index (κ3) is 2.26. The smallest absolute Gasteiger partial charge is 0.277 e. The Hall–Kier alpha value is -1.40. The maximum absolute atomic E-state index is 14.2. The standard InChI is InChI=1S/C12H9BrClFN2O2/c1-5-4-16-11(13)9(15)10(5)17-6(2)3-7(18)8(14)12(17)19/h3-4,18H,1-2H3. The van der Waals surface area contributed by atoms with Crippen LogP contribution in [0.15, 0.2) is 21.7 Å². The maximum atomic E-state index is 14.2. The number of hydrogen-bond acceptors (Lipinski definition) is 3. The van der Waals surface area contributed by atoms with Crippen LogP contribution in [-0.2, 0) is 0 Å². The Bertz CT molecular complexity index is 731. The monoisotopic (exact) mass is 346 g/mol. The SMILES string of the molecule is Cc1cnc(Br)c(F)c1-n1c(C)cc(O)c(Cl)c1=O. The zero-order valence-corrected chi connectivity index (χ0v) is 12.4. The molecule has 0 spiro atoms. The topological polar surface area (TPSA) is 55.1 Å². The van der Waals surface area contributed by atoms with E-state index in [1.165, 1.54) is 12.3 Å². The van der Waals surface area contributed by atoms with Crippen LogP contribution in [0.5, 0.6) is 5.75 Å². The molecule has 0 amide bonds. The van der Waals surface area contributed by atoms with Gasteiger partial charge in [-0.25, -0.2) is 9.37 Å². The Morgan fingerprint density at radius 1 is 1.47 bits per heavy atom. The molecule has 0 aliphatic heterocycles. The quantitative estimate of drug-likeness (QED) is 0.807. The highest BCUT2D eigenvalue weighted by atomic mass is 79.9. The second-order valence-corrected chi connectivity index (χ2v) is 5.15. The lowest BCUT2D eigenvalue weighted by molar-refractivity contribution is 0.472. The number of halogens is 3. The minimum Gasteiger partial charge on any atom is -0.506 e. The summed E-state index contributed by atoms with van der Waals surface area (Å²) in [6.45, 7) is 3.20. The fraction of sp³-hybridized carbons (Fsp3) is 0.167. The van der Waals surface area contributed by atoms with Crippen molar-refractivity contribution in [1.29, 1.82) is 0 Å². The molecule has 0 unspecified atom stereocenters. The van der Waals surface area contributed by atoms with Gasteiger partial charge in [-0.1, -0.05) is 11.6 Å². The minimum absolute atomic E-state index is 0.00333. The number of aromatic hydroxyl groups is 1. The van der Waals surface area contributed by atoms with Gasteiger partial charge >= 0.3 is 0 Å². The molecule has 0 saturated heterocycles. The Labute approximate surface area is 121 Å². The summed E-state index contributed by atoms with van der Waals surface area (Å²) in [5, 5.41) is 9.14. The lowest BCUT2D eigenvalue weighted by atomic mass is 10.2. The van der Waals surface area contributed by atoms with Gasteiger partial charge in [0.05, 0.1) is 5.69 Å². The summed E-state index contributed by atoms with van der Waals surface area (Å²) in [7, 11) is 0. The largest absolute Gasteiger partial charge is 0.506 e. The molecule has 2 rings (SSSR count). The van der Waals surface area contributed by atoms with Crippen molar-refractivity contribution in [3.63, 3.8) is 0 Å².